The van der Waals surface area contributed by atoms with Crippen LogP contribution >= 0.6 is 0 Å². The van der Waals surface area contributed by atoms with Crippen molar-refractivity contribution in [3.63, 3.8) is 0 Å². The van der Waals surface area contributed by atoms with Crippen LogP contribution in [0.4, 0.5) is 0 Å². The zero-order valence-electron chi connectivity index (χ0n) is 17.0. The molecule has 1 aromatic rings. The predicted octanol–water partition coefficient (Wildman–Crippen LogP) is 5.17. The first-order valence-electron chi connectivity index (χ1n) is 8.95. The minimum absolute atomic E-state index is 1.18. The minimum atomic E-state index is -2.26. The molecular formula is C17H36O3Si4. The van der Waals surface area contributed by atoms with E-state index in [9.17, 15) is 0 Å². The van der Waals surface area contributed by atoms with E-state index in [0.717, 1.165) is 0 Å². The van der Waals surface area contributed by atoms with Crippen LogP contribution in [0, 0.1) is 0 Å². The van der Waals surface area contributed by atoms with Crippen molar-refractivity contribution in [3.05, 3.63) is 30.3 Å². The standard InChI is InChI=1S/C17H36O3Si4/c1-10-16-21(2,3)18-23(6,7)20-24(8,9)19-22(4,5)17-14-12-11-13-15-17/h11-15H,10,16H2,1-9H3. The normalized spacial score (nSPS) is 14.0. The lowest BCUT2D eigenvalue weighted by Crippen LogP contribution is -2.59. The van der Waals surface area contributed by atoms with E-state index < -0.39 is 33.8 Å². The van der Waals surface area contributed by atoms with Crippen molar-refractivity contribution in [2.45, 2.75) is 71.8 Å². The molecule has 1 rings (SSSR count). The molecule has 0 fully saturated rings. The fourth-order valence-electron chi connectivity index (χ4n) is 3.46. The summed E-state index contributed by atoms with van der Waals surface area (Å²) in [5.41, 5.74) is 0. The highest BCUT2D eigenvalue weighted by molar-refractivity contribution is 6.93. The molecule has 3 nitrogen and oxygen atoms in total. The molecule has 24 heavy (non-hydrogen) atoms. The summed E-state index contributed by atoms with van der Waals surface area (Å²) >= 11 is 0. The Hall–Kier alpha value is -0.0325. The van der Waals surface area contributed by atoms with Gasteiger partial charge in [0.2, 0.25) is 8.32 Å². The topological polar surface area (TPSA) is 27.7 Å². The van der Waals surface area contributed by atoms with E-state index in [4.69, 9.17) is 12.3 Å². The Balaban J connectivity index is 2.81. The molecule has 0 saturated carbocycles. The van der Waals surface area contributed by atoms with Crippen molar-refractivity contribution in [3.8, 4) is 0 Å². The molecule has 0 heterocycles. The van der Waals surface area contributed by atoms with Gasteiger partial charge in [0.1, 0.15) is 0 Å². The molecule has 0 spiro atoms. The van der Waals surface area contributed by atoms with Gasteiger partial charge in [-0.1, -0.05) is 43.7 Å². The highest BCUT2D eigenvalue weighted by Crippen LogP contribution is 2.25. The fourth-order valence-corrected chi connectivity index (χ4v) is 22.6. The lowest BCUT2D eigenvalue weighted by atomic mass is 10.4. The Bertz CT molecular complexity index is 516. The zero-order chi connectivity index (χ0) is 18.6. The van der Waals surface area contributed by atoms with Gasteiger partial charge >= 0.3 is 17.1 Å². The molecule has 0 atom stereocenters. The third-order valence-electron chi connectivity index (χ3n) is 3.84. The first-order valence-corrected chi connectivity index (χ1v) is 20.6. The lowest BCUT2D eigenvalue weighted by Gasteiger charge is -2.41. The van der Waals surface area contributed by atoms with Gasteiger partial charge < -0.3 is 12.3 Å². The second-order valence-electron chi connectivity index (χ2n) is 8.49. The van der Waals surface area contributed by atoms with Crippen molar-refractivity contribution in [1.82, 2.24) is 0 Å². The monoisotopic (exact) mass is 400 g/mol. The molecule has 0 N–H and O–H groups in total. The van der Waals surface area contributed by atoms with Crippen molar-refractivity contribution in [2.24, 2.45) is 0 Å². The second-order valence-corrected chi connectivity index (χ2v) is 24.2. The van der Waals surface area contributed by atoms with E-state index in [1.54, 1.807) is 0 Å². The molecule has 0 saturated heterocycles. The summed E-state index contributed by atoms with van der Waals surface area (Å²) in [5, 5.41) is 1.32. The third-order valence-corrected chi connectivity index (χ3v) is 19.4. The van der Waals surface area contributed by atoms with Gasteiger partial charge in [-0.05, 0) is 63.6 Å². The van der Waals surface area contributed by atoms with E-state index in [0.29, 0.717) is 0 Å². The molecule has 0 aliphatic carbocycles. The van der Waals surface area contributed by atoms with Crippen LogP contribution in [-0.2, 0) is 12.3 Å². The molecule has 0 unspecified atom stereocenters. The van der Waals surface area contributed by atoms with Crippen LogP contribution in [0.25, 0.3) is 0 Å². The van der Waals surface area contributed by atoms with E-state index in [1.807, 2.05) is 0 Å². The summed E-state index contributed by atoms with van der Waals surface area (Å²) in [6.07, 6.45) is 1.18. The highest BCUT2D eigenvalue weighted by atomic mass is 28.5. The average Bonchev–Trinajstić information content (AvgIpc) is 2.35. The van der Waals surface area contributed by atoms with Gasteiger partial charge in [0.25, 0.3) is 0 Å². The van der Waals surface area contributed by atoms with E-state index in [1.165, 1.54) is 17.7 Å². The summed E-state index contributed by atoms with van der Waals surface area (Å²) in [7, 11) is -8.07. The maximum absolute atomic E-state index is 6.65. The molecule has 138 valence electrons. The van der Waals surface area contributed by atoms with E-state index in [-0.39, 0.29) is 0 Å². The number of hydrogen-bond donors (Lipinski definition) is 0. The number of rotatable bonds is 9. The van der Waals surface area contributed by atoms with Crippen LogP contribution in [0.5, 0.6) is 0 Å². The quantitative estimate of drug-likeness (QED) is 0.535. The first-order chi connectivity index (χ1) is 10.8. The van der Waals surface area contributed by atoms with Gasteiger partial charge in [-0.25, -0.2) is 0 Å². The number of benzene rings is 1. The average molecular weight is 401 g/mol. The summed E-state index contributed by atoms with van der Waals surface area (Å²) < 4.78 is 19.8. The summed E-state index contributed by atoms with van der Waals surface area (Å²) in [6, 6.07) is 11.8. The highest BCUT2D eigenvalue weighted by Gasteiger charge is 2.43. The summed E-state index contributed by atoms with van der Waals surface area (Å²) in [5.74, 6) is 0. The molecule has 7 heteroatoms. The van der Waals surface area contributed by atoms with Crippen molar-refractivity contribution < 1.29 is 12.3 Å². The SMILES string of the molecule is CCC[Si](C)(C)O[Si](C)(C)O[Si](C)(C)O[Si](C)(C)c1ccccc1. The Morgan fingerprint density at radius 3 is 1.71 bits per heavy atom. The molecular weight excluding hydrogens is 365 g/mol. The van der Waals surface area contributed by atoms with Crippen LogP contribution in [0.3, 0.4) is 0 Å². The zero-order valence-corrected chi connectivity index (χ0v) is 21.0. The maximum atomic E-state index is 6.65. The Morgan fingerprint density at radius 2 is 1.21 bits per heavy atom. The van der Waals surface area contributed by atoms with Crippen molar-refractivity contribution in [2.75, 3.05) is 0 Å². The molecule has 0 aromatic heterocycles. The first kappa shape index (κ1) is 22.0. The molecule has 0 aliphatic heterocycles. The van der Waals surface area contributed by atoms with Crippen LogP contribution in [0.1, 0.15) is 13.3 Å². The van der Waals surface area contributed by atoms with Crippen molar-refractivity contribution in [1.29, 1.82) is 0 Å². The van der Waals surface area contributed by atoms with Gasteiger partial charge in [-0.3, -0.25) is 0 Å². The van der Waals surface area contributed by atoms with E-state index in [2.05, 4.69) is 89.6 Å². The number of hydrogen-bond acceptors (Lipinski definition) is 3. The van der Waals surface area contributed by atoms with E-state index >= 15 is 0 Å². The molecule has 1 aromatic carbocycles. The Labute approximate surface area is 153 Å². The largest absolute Gasteiger partial charge is 0.436 e. The minimum Gasteiger partial charge on any atom is -0.436 e. The van der Waals surface area contributed by atoms with Gasteiger partial charge in [0.15, 0.2) is 8.32 Å². The molecule has 0 radical (unpaired) electrons. The molecule has 0 bridgehead atoms. The summed E-state index contributed by atoms with van der Waals surface area (Å²) in [6.45, 7) is 20.0. The predicted molar refractivity (Wildman–Crippen MR) is 114 cm³/mol. The summed E-state index contributed by atoms with van der Waals surface area (Å²) in [4.78, 5) is 0. The van der Waals surface area contributed by atoms with Gasteiger partial charge in [-0.2, -0.15) is 0 Å². The Kier molecular flexibility index (Phi) is 7.44. The fraction of sp³-hybridized carbons (Fsp3) is 0.647. The van der Waals surface area contributed by atoms with Crippen molar-refractivity contribution >= 4 is 38.9 Å². The lowest BCUT2D eigenvalue weighted by molar-refractivity contribution is 0.330. The second kappa shape index (κ2) is 8.11. The third kappa shape index (κ3) is 7.47. The molecule has 0 aliphatic rings. The van der Waals surface area contributed by atoms with Crippen LogP contribution in [0.2, 0.25) is 58.4 Å². The smallest absolute Gasteiger partial charge is 0.312 e. The van der Waals surface area contributed by atoms with Gasteiger partial charge in [0, 0.05) is 0 Å². The molecule has 0 amide bonds. The maximum Gasteiger partial charge on any atom is 0.312 e. The van der Waals surface area contributed by atoms with Gasteiger partial charge in [0.05, 0.1) is 0 Å². The van der Waals surface area contributed by atoms with Crippen LogP contribution in [-0.4, -0.2) is 33.8 Å². The van der Waals surface area contributed by atoms with Crippen LogP contribution < -0.4 is 5.19 Å². The van der Waals surface area contributed by atoms with Gasteiger partial charge in [-0.15, -0.1) is 0 Å². The Morgan fingerprint density at radius 1 is 0.708 bits per heavy atom. The van der Waals surface area contributed by atoms with Crippen LogP contribution in [0.15, 0.2) is 30.3 Å².